The number of carbonyl (C=O) groups is 1. The lowest BCUT2D eigenvalue weighted by atomic mass is 9.91. The van der Waals surface area contributed by atoms with Crippen LogP contribution < -0.4 is 10.5 Å². The molecule has 2 fully saturated rings. The van der Waals surface area contributed by atoms with Crippen molar-refractivity contribution in [3.8, 4) is 0 Å². The summed E-state index contributed by atoms with van der Waals surface area (Å²) in [7, 11) is -4.13. The molecule has 0 aromatic heterocycles. The van der Waals surface area contributed by atoms with Gasteiger partial charge >= 0.3 is 0 Å². The van der Waals surface area contributed by atoms with Gasteiger partial charge in [-0.05, 0) is 38.1 Å². The quantitative estimate of drug-likeness (QED) is 0.683. The van der Waals surface area contributed by atoms with Gasteiger partial charge in [0.1, 0.15) is 6.73 Å². The van der Waals surface area contributed by atoms with Crippen LogP contribution in [0.15, 0.2) is 24.3 Å². The van der Waals surface area contributed by atoms with Crippen LogP contribution in [0, 0.1) is 0 Å². The third-order valence-corrected chi connectivity index (χ3v) is 5.92. The highest BCUT2D eigenvalue weighted by Crippen LogP contribution is 2.37. The molecule has 0 amide bonds. The first-order chi connectivity index (χ1) is 9.90. The van der Waals surface area contributed by atoms with Gasteiger partial charge in [-0.1, -0.05) is 12.2 Å². The van der Waals surface area contributed by atoms with Crippen LogP contribution in [0.2, 0.25) is 0 Å². The van der Waals surface area contributed by atoms with Crippen LogP contribution in [0.25, 0.3) is 0 Å². The van der Waals surface area contributed by atoms with Crippen LogP contribution in [-0.4, -0.2) is 55.9 Å². The number of sulfonamides is 1. The molecule has 8 heteroatoms. The zero-order valence-corrected chi connectivity index (χ0v) is 12.4. The first-order valence-electron chi connectivity index (χ1n) is 6.92. The van der Waals surface area contributed by atoms with Crippen molar-refractivity contribution in [3.05, 3.63) is 24.3 Å². The van der Waals surface area contributed by atoms with Crippen LogP contribution >= 0.6 is 0 Å². The molecular weight excluding hydrogens is 294 g/mol. The maximum atomic E-state index is 12.3. The lowest BCUT2D eigenvalue weighted by molar-refractivity contribution is -0.120. The molecular formula is C13H19N3O4S. The van der Waals surface area contributed by atoms with Gasteiger partial charge in [-0.25, -0.2) is 18.5 Å². The number of hydrogen-bond acceptors (Lipinski definition) is 6. The molecule has 3 N–H and O–H groups in total. The van der Waals surface area contributed by atoms with Gasteiger partial charge in [0.25, 0.3) is 0 Å². The fourth-order valence-electron chi connectivity index (χ4n) is 3.26. The number of primary sulfonamides is 1. The van der Waals surface area contributed by atoms with Crippen molar-refractivity contribution in [1.82, 2.24) is 10.2 Å². The standard InChI is InChI=1S/C13H19N3O4S/c14-21(18,19)13(4-2-1-3-11(13)17)16-9-12(20-10-16)5-7-15-8-6-12/h1-4,15H,5-10H2,(H2,14,18,19). The van der Waals surface area contributed by atoms with E-state index < -0.39 is 26.3 Å². The summed E-state index contributed by atoms with van der Waals surface area (Å²) in [5, 5.41) is 8.64. The fraction of sp³-hybridized carbons (Fsp3) is 0.615. The molecule has 3 aliphatic rings. The topological polar surface area (TPSA) is 102 Å². The Kier molecular flexibility index (Phi) is 3.53. The van der Waals surface area contributed by atoms with E-state index in [0.29, 0.717) is 6.54 Å². The van der Waals surface area contributed by atoms with Crippen molar-refractivity contribution in [2.45, 2.75) is 23.3 Å². The predicted molar refractivity (Wildman–Crippen MR) is 76.6 cm³/mol. The molecule has 1 unspecified atom stereocenters. The fourth-order valence-corrected chi connectivity index (χ4v) is 4.35. The highest BCUT2D eigenvalue weighted by atomic mass is 32.2. The summed E-state index contributed by atoms with van der Waals surface area (Å²) in [6, 6.07) is 0. The van der Waals surface area contributed by atoms with E-state index in [4.69, 9.17) is 9.88 Å². The van der Waals surface area contributed by atoms with Crippen molar-refractivity contribution in [2.24, 2.45) is 5.14 Å². The van der Waals surface area contributed by atoms with Crippen molar-refractivity contribution in [1.29, 1.82) is 0 Å². The number of allylic oxidation sites excluding steroid dienone is 2. The Morgan fingerprint density at radius 1 is 1.29 bits per heavy atom. The summed E-state index contributed by atoms with van der Waals surface area (Å²) in [4.78, 5) is 12.0. The van der Waals surface area contributed by atoms with Gasteiger partial charge in [-0.15, -0.1) is 0 Å². The largest absolute Gasteiger partial charge is 0.358 e. The smallest absolute Gasteiger partial charge is 0.239 e. The van der Waals surface area contributed by atoms with E-state index in [9.17, 15) is 13.2 Å². The summed E-state index contributed by atoms with van der Waals surface area (Å²) < 4.78 is 30.1. The van der Waals surface area contributed by atoms with E-state index in [1.165, 1.54) is 23.1 Å². The van der Waals surface area contributed by atoms with Crippen LogP contribution in [-0.2, 0) is 19.6 Å². The average molecular weight is 313 g/mol. The summed E-state index contributed by atoms with van der Waals surface area (Å²) >= 11 is 0. The minimum atomic E-state index is -4.13. The lowest BCUT2D eigenvalue weighted by Gasteiger charge is -2.37. The summed E-state index contributed by atoms with van der Waals surface area (Å²) in [5.41, 5.74) is -0.391. The molecule has 0 radical (unpaired) electrons. The normalized spacial score (nSPS) is 32.9. The van der Waals surface area contributed by atoms with Gasteiger partial charge in [0.05, 0.1) is 5.60 Å². The second-order valence-electron chi connectivity index (χ2n) is 5.73. The Morgan fingerprint density at radius 2 is 2.00 bits per heavy atom. The van der Waals surface area contributed by atoms with Gasteiger partial charge in [-0.2, -0.15) is 0 Å². The molecule has 0 bridgehead atoms. The molecule has 2 saturated heterocycles. The highest BCUT2D eigenvalue weighted by Gasteiger charge is 2.56. The number of nitrogens with zero attached hydrogens (tertiary/aromatic N) is 1. The van der Waals surface area contributed by atoms with E-state index in [0.717, 1.165) is 25.9 Å². The van der Waals surface area contributed by atoms with Crippen LogP contribution in [0.1, 0.15) is 12.8 Å². The molecule has 2 aliphatic heterocycles. The SMILES string of the molecule is NS(=O)(=O)C1(N2COC3(CCNCC3)C2)C=CC=CC1=O. The molecule has 1 spiro atoms. The Labute approximate surface area is 123 Å². The Hall–Kier alpha value is -1.06. The van der Waals surface area contributed by atoms with E-state index in [-0.39, 0.29) is 6.73 Å². The predicted octanol–water partition coefficient (Wildman–Crippen LogP) is -0.922. The van der Waals surface area contributed by atoms with E-state index in [1.807, 2.05) is 0 Å². The molecule has 1 aliphatic carbocycles. The van der Waals surface area contributed by atoms with Gasteiger partial charge in [0.15, 0.2) is 5.78 Å². The third kappa shape index (κ3) is 2.27. The molecule has 2 heterocycles. The van der Waals surface area contributed by atoms with E-state index in [2.05, 4.69) is 5.32 Å². The van der Waals surface area contributed by atoms with Crippen molar-refractivity contribution in [2.75, 3.05) is 26.4 Å². The van der Waals surface area contributed by atoms with E-state index >= 15 is 0 Å². The highest BCUT2D eigenvalue weighted by molar-refractivity contribution is 7.91. The number of hydrogen-bond donors (Lipinski definition) is 2. The lowest BCUT2D eigenvalue weighted by Crippen LogP contribution is -2.61. The molecule has 0 aromatic rings. The molecule has 0 saturated carbocycles. The number of nitrogens with two attached hydrogens (primary N) is 1. The molecule has 0 aromatic carbocycles. The molecule has 3 rings (SSSR count). The Balaban J connectivity index is 1.95. The second kappa shape index (κ2) is 4.99. The Morgan fingerprint density at radius 3 is 2.62 bits per heavy atom. The second-order valence-corrected chi connectivity index (χ2v) is 7.44. The number of carbonyl (C=O) groups excluding carboxylic acids is 1. The van der Waals surface area contributed by atoms with Crippen LogP contribution in [0.4, 0.5) is 0 Å². The minimum absolute atomic E-state index is 0.0837. The third-order valence-electron chi connectivity index (χ3n) is 4.46. The monoisotopic (exact) mass is 313 g/mol. The number of ether oxygens (including phenoxy) is 1. The first-order valence-corrected chi connectivity index (χ1v) is 8.47. The van der Waals surface area contributed by atoms with Crippen molar-refractivity contribution in [3.63, 3.8) is 0 Å². The van der Waals surface area contributed by atoms with E-state index in [1.54, 1.807) is 6.08 Å². The van der Waals surface area contributed by atoms with Crippen molar-refractivity contribution < 1.29 is 17.9 Å². The number of rotatable bonds is 2. The maximum Gasteiger partial charge on any atom is 0.239 e. The molecule has 116 valence electrons. The summed E-state index contributed by atoms with van der Waals surface area (Å²) in [6.45, 7) is 2.11. The molecule has 7 nitrogen and oxygen atoms in total. The molecule has 1 atom stereocenters. The number of nitrogens with one attached hydrogen (secondary N) is 1. The summed E-state index contributed by atoms with van der Waals surface area (Å²) in [5.74, 6) is -0.540. The minimum Gasteiger partial charge on any atom is -0.358 e. The zero-order chi connectivity index (χ0) is 15.1. The van der Waals surface area contributed by atoms with Gasteiger partial charge in [-0.3, -0.25) is 4.79 Å². The van der Waals surface area contributed by atoms with Crippen LogP contribution in [0.3, 0.4) is 0 Å². The zero-order valence-electron chi connectivity index (χ0n) is 11.6. The van der Waals surface area contributed by atoms with Crippen molar-refractivity contribution >= 4 is 15.8 Å². The van der Waals surface area contributed by atoms with Gasteiger partial charge in [0.2, 0.25) is 14.9 Å². The maximum absolute atomic E-state index is 12.3. The number of piperidine rings is 1. The Bertz CT molecular complexity index is 607. The van der Waals surface area contributed by atoms with Gasteiger partial charge in [0, 0.05) is 6.54 Å². The average Bonchev–Trinajstić information content (AvgIpc) is 2.83. The summed E-state index contributed by atoms with van der Waals surface area (Å²) in [6.07, 6.45) is 7.24. The van der Waals surface area contributed by atoms with Gasteiger partial charge < -0.3 is 10.1 Å². The molecule has 21 heavy (non-hydrogen) atoms. The number of ketones is 1. The first kappa shape index (κ1) is 14.9. The van der Waals surface area contributed by atoms with Crippen LogP contribution in [0.5, 0.6) is 0 Å².